The van der Waals surface area contributed by atoms with E-state index in [1.807, 2.05) is 6.07 Å². The molecule has 0 atom stereocenters. The minimum absolute atomic E-state index is 0.0238. The average molecular weight is 315 g/mol. The lowest BCUT2D eigenvalue weighted by Crippen LogP contribution is -2.38. The number of nitrogens with one attached hydrogen (secondary N) is 1. The van der Waals surface area contributed by atoms with Gasteiger partial charge in [0, 0.05) is 6.04 Å². The van der Waals surface area contributed by atoms with E-state index in [1.165, 1.54) is 18.2 Å². The summed E-state index contributed by atoms with van der Waals surface area (Å²) in [5, 5.41) is 18.2. The molecule has 0 bridgehead atoms. The maximum Gasteiger partial charge on any atom is 0.242 e. The molecule has 0 unspecified atom stereocenters. The minimum Gasteiger partial charge on any atom is -0.393 e. The molecule has 20 heavy (non-hydrogen) atoms. The number of hydrogen-bond donors (Lipinski definition) is 2. The molecule has 0 radical (unpaired) electrons. The van der Waals surface area contributed by atoms with Crippen molar-refractivity contribution in [3.63, 3.8) is 0 Å². The molecule has 7 heteroatoms. The van der Waals surface area contributed by atoms with Crippen LogP contribution < -0.4 is 4.72 Å². The summed E-state index contributed by atoms with van der Waals surface area (Å²) in [5.41, 5.74) is 0.315. The number of halogens is 1. The lowest BCUT2D eigenvalue weighted by molar-refractivity contribution is 0.120. The van der Waals surface area contributed by atoms with Crippen LogP contribution in [0.2, 0.25) is 5.02 Å². The fourth-order valence-corrected chi connectivity index (χ4v) is 4.11. The molecule has 0 spiro atoms. The lowest BCUT2D eigenvalue weighted by atomic mass is 9.94. The van der Waals surface area contributed by atoms with E-state index in [2.05, 4.69) is 4.72 Å². The van der Waals surface area contributed by atoms with Gasteiger partial charge in [0.25, 0.3) is 0 Å². The maximum absolute atomic E-state index is 12.3. The van der Waals surface area contributed by atoms with Crippen LogP contribution in [0.5, 0.6) is 0 Å². The molecule has 108 valence electrons. The first-order valence-corrected chi connectivity index (χ1v) is 8.18. The van der Waals surface area contributed by atoms with E-state index in [9.17, 15) is 13.5 Å². The first-order chi connectivity index (χ1) is 9.42. The molecule has 1 aromatic carbocycles. The van der Waals surface area contributed by atoms with Crippen molar-refractivity contribution in [2.75, 3.05) is 0 Å². The van der Waals surface area contributed by atoms with Crippen LogP contribution in [0, 0.1) is 11.3 Å². The van der Waals surface area contributed by atoms with Gasteiger partial charge in [-0.3, -0.25) is 0 Å². The van der Waals surface area contributed by atoms with E-state index in [0.717, 1.165) is 0 Å². The van der Waals surface area contributed by atoms with Gasteiger partial charge in [-0.05, 0) is 43.9 Å². The number of hydrogen-bond acceptors (Lipinski definition) is 4. The van der Waals surface area contributed by atoms with Crippen molar-refractivity contribution in [1.29, 1.82) is 5.26 Å². The topological polar surface area (TPSA) is 90.2 Å². The molecule has 2 rings (SSSR count). The van der Waals surface area contributed by atoms with Crippen LogP contribution in [0.25, 0.3) is 0 Å². The summed E-state index contributed by atoms with van der Waals surface area (Å²) in [4.78, 5) is -0.0238. The van der Waals surface area contributed by atoms with E-state index < -0.39 is 10.0 Å². The highest BCUT2D eigenvalue weighted by molar-refractivity contribution is 7.89. The molecular weight excluding hydrogens is 300 g/mol. The third-order valence-corrected chi connectivity index (χ3v) is 5.37. The van der Waals surface area contributed by atoms with E-state index in [0.29, 0.717) is 31.2 Å². The van der Waals surface area contributed by atoms with Crippen molar-refractivity contribution in [1.82, 2.24) is 4.72 Å². The van der Waals surface area contributed by atoms with Crippen LogP contribution >= 0.6 is 11.6 Å². The van der Waals surface area contributed by atoms with Crippen LogP contribution in [0.4, 0.5) is 0 Å². The zero-order chi connectivity index (χ0) is 14.8. The summed E-state index contributed by atoms with van der Waals surface area (Å²) in [5.74, 6) is 0. The summed E-state index contributed by atoms with van der Waals surface area (Å²) < 4.78 is 27.1. The molecule has 1 aliphatic carbocycles. The minimum atomic E-state index is -3.71. The van der Waals surface area contributed by atoms with Crippen molar-refractivity contribution in [3.8, 4) is 6.07 Å². The zero-order valence-electron chi connectivity index (χ0n) is 10.7. The van der Waals surface area contributed by atoms with Gasteiger partial charge < -0.3 is 5.11 Å². The van der Waals surface area contributed by atoms with Crippen molar-refractivity contribution in [3.05, 3.63) is 28.8 Å². The molecule has 1 aromatic rings. The lowest BCUT2D eigenvalue weighted by Gasteiger charge is -2.26. The average Bonchev–Trinajstić information content (AvgIpc) is 2.40. The van der Waals surface area contributed by atoms with Crippen LogP contribution in [-0.2, 0) is 10.0 Å². The van der Waals surface area contributed by atoms with Gasteiger partial charge in [-0.2, -0.15) is 5.26 Å². The highest BCUT2D eigenvalue weighted by Crippen LogP contribution is 2.25. The van der Waals surface area contributed by atoms with Gasteiger partial charge in [0.2, 0.25) is 10.0 Å². The Morgan fingerprint density at radius 1 is 1.30 bits per heavy atom. The Hall–Kier alpha value is -1.13. The summed E-state index contributed by atoms with van der Waals surface area (Å²) in [7, 11) is -3.71. The summed E-state index contributed by atoms with van der Waals surface area (Å²) >= 11 is 5.92. The predicted molar refractivity (Wildman–Crippen MR) is 74.8 cm³/mol. The van der Waals surface area contributed by atoms with Crippen LogP contribution in [0.15, 0.2) is 23.1 Å². The number of nitriles is 1. The summed E-state index contributed by atoms with van der Waals surface area (Å²) in [6, 6.07) is 5.81. The molecule has 1 fully saturated rings. The summed E-state index contributed by atoms with van der Waals surface area (Å²) in [6.07, 6.45) is 2.06. The first-order valence-electron chi connectivity index (χ1n) is 6.32. The monoisotopic (exact) mass is 314 g/mol. The van der Waals surface area contributed by atoms with Gasteiger partial charge in [-0.25, -0.2) is 13.1 Å². The zero-order valence-corrected chi connectivity index (χ0v) is 12.3. The third kappa shape index (κ3) is 3.49. The highest BCUT2D eigenvalue weighted by atomic mass is 35.5. The standard InChI is InChI=1S/C13H15ClN2O3S/c14-12-7-9(8-15)1-6-13(12)20(18,19)16-10-2-4-11(17)5-3-10/h1,6-7,10-11,16-17H,2-5H2. The SMILES string of the molecule is N#Cc1ccc(S(=O)(=O)NC2CCC(O)CC2)c(Cl)c1. The van der Waals surface area contributed by atoms with E-state index in [4.69, 9.17) is 16.9 Å². The smallest absolute Gasteiger partial charge is 0.242 e. The number of nitrogens with zero attached hydrogens (tertiary/aromatic N) is 1. The Bertz CT molecular complexity index is 632. The second-order valence-corrected chi connectivity index (χ2v) is 6.97. The fourth-order valence-electron chi connectivity index (χ4n) is 2.26. The number of aliphatic hydroxyl groups excluding tert-OH is 1. The molecule has 0 heterocycles. The first kappa shape index (κ1) is 15.3. The summed E-state index contributed by atoms with van der Waals surface area (Å²) in [6.45, 7) is 0. The van der Waals surface area contributed by atoms with E-state index in [-0.39, 0.29) is 22.1 Å². The number of rotatable bonds is 3. The molecule has 0 aliphatic heterocycles. The second-order valence-electron chi connectivity index (χ2n) is 4.88. The Labute approximate surface area is 123 Å². The van der Waals surface area contributed by atoms with Gasteiger partial charge in [-0.1, -0.05) is 11.6 Å². The molecule has 1 aliphatic rings. The maximum atomic E-state index is 12.3. The van der Waals surface area contributed by atoms with Crippen molar-refractivity contribution in [2.24, 2.45) is 0 Å². The van der Waals surface area contributed by atoms with Crippen molar-refractivity contribution in [2.45, 2.75) is 42.7 Å². The fraction of sp³-hybridized carbons (Fsp3) is 0.462. The Kier molecular flexibility index (Phi) is 4.66. The quantitative estimate of drug-likeness (QED) is 0.890. The normalized spacial score (nSPS) is 23.2. The number of sulfonamides is 1. The highest BCUT2D eigenvalue weighted by Gasteiger charge is 2.26. The predicted octanol–water partition coefficient (Wildman–Crippen LogP) is 1.79. The number of benzene rings is 1. The van der Waals surface area contributed by atoms with Crippen molar-refractivity contribution < 1.29 is 13.5 Å². The molecule has 0 saturated heterocycles. The van der Waals surface area contributed by atoms with Crippen LogP contribution in [0.1, 0.15) is 31.2 Å². The van der Waals surface area contributed by atoms with Gasteiger partial charge in [-0.15, -0.1) is 0 Å². The van der Waals surface area contributed by atoms with E-state index in [1.54, 1.807) is 0 Å². The van der Waals surface area contributed by atoms with Crippen LogP contribution in [-0.4, -0.2) is 25.7 Å². The number of aliphatic hydroxyl groups is 1. The molecule has 5 nitrogen and oxygen atoms in total. The molecular formula is C13H15ClN2O3S. The molecule has 2 N–H and O–H groups in total. The second kappa shape index (κ2) is 6.10. The largest absolute Gasteiger partial charge is 0.393 e. The Morgan fingerprint density at radius 2 is 1.95 bits per heavy atom. The molecule has 1 saturated carbocycles. The van der Waals surface area contributed by atoms with E-state index >= 15 is 0 Å². The van der Waals surface area contributed by atoms with Gasteiger partial charge in [0.15, 0.2) is 0 Å². The molecule has 0 amide bonds. The van der Waals surface area contributed by atoms with Crippen molar-refractivity contribution >= 4 is 21.6 Å². The Balaban J connectivity index is 2.16. The van der Waals surface area contributed by atoms with Gasteiger partial charge in [0.1, 0.15) is 4.90 Å². The van der Waals surface area contributed by atoms with Gasteiger partial charge >= 0.3 is 0 Å². The Morgan fingerprint density at radius 3 is 2.50 bits per heavy atom. The van der Waals surface area contributed by atoms with Crippen LogP contribution in [0.3, 0.4) is 0 Å². The molecule has 0 aromatic heterocycles. The third-order valence-electron chi connectivity index (χ3n) is 3.37. The van der Waals surface area contributed by atoms with Gasteiger partial charge in [0.05, 0.1) is 22.8 Å².